The number of benzene rings is 3. The lowest BCUT2D eigenvalue weighted by Gasteiger charge is -2.24. The molecule has 1 amide bonds. The first-order chi connectivity index (χ1) is 17.9. The zero-order valence-electron chi connectivity index (χ0n) is 20.8. The molecule has 3 heterocycles. The van der Waals surface area contributed by atoms with Crippen LogP contribution in [0.25, 0.3) is 21.2 Å². The van der Waals surface area contributed by atoms with E-state index in [1.54, 1.807) is 42.3 Å². The van der Waals surface area contributed by atoms with E-state index in [-0.39, 0.29) is 16.8 Å². The van der Waals surface area contributed by atoms with Crippen LogP contribution in [0.4, 0.5) is 5.13 Å². The third kappa shape index (κ3) is 3.51. The van der Waals surface area contributed by atoms with Crippen molar-refractivity contribution in [2.75, 3.05) is 19.1 Å². The Hall–Kier alpha value is -4.17. The predicted octanol–water partition coefficient (Wildman–Crippen LogP) is 6.29. The van der Waals surface area contributed by atoms with Gasteiger partial charge in [0, 0.05) is 5.56 Å². The van der Waals surface area contributed by atoms with E-state index in [2.05, 4.69) is 26.0 Å². The maximum absolute atomic E-state index is 14.0. The molecule has 0 spiro atoms. The van der Waals surface area contributed by atoms with Crippen molar-refractivity contribution in [2.24, 2.45) is 0 Å². The number of thiazole rings is 1. The van der Waals surface area contributed by atoms with E-state index in [0.29, 0.717) is 39.1 Å². The van der Waals surface area contributed by atoms with E-state index < -0.39 is 11.9 Å². The molecule has 7 nitrogen and oxygen atoms in total. The first-order valence-electron chi connectivity index (χ1n) is 11.9. The van der Waals surface area contributed by atoms with Crippen LogP contribution in [0.5, 0.6) is 11.5 Å². The normalized spacial score (nSPS) is 15.1. The highest BCUT2D eigenvalue weighted by Gasteiger charge is 2.46. The topological polar surface area (TPSA) is 81.9 Å². The summed E-state index contributed by atoms with van der Waals surface area (Å²) in [4.78, 5) is 34.2. The van der Waals surface area contributed by atoms with Gasteiger partial charge in [0.15, 0.2) is 22.1 Å². The third-order valence-electron chi connectivity index (χ3n) is 6.78. The van der Waals surface area contributed by atoms with Gasteiger partial charge in [0.2, 0.25) is 5.76 Å². The Kier molecular flexibility index (Phi) is 5.49. The highest BCUT2D eigenvalue weighted by atomic mass is 32.1. The van der Waals surface area contributed by atoms with Crippen molar-refractivity contribution in [3.05, 3.63) is 93.3 Å². The fourth-order valence-corrected chi connectivity index (χ4v) is 5.97. The van der Waals surface area contributed by atoms with Crippen LogP contribution in [0.15, 0.2) is 69.9 Å². The Morgan fingerprint density at radius 2 is 1.81 bits per heavy atom. The number of rotatable bonds is 5. The number of carbonyl (C=O) groups excluding carboxylic acids is 1. The lowest BCUT2D eigenvalue weighted by molar-refractivity contribution is 0.0970. The summed E-state index contributed by atoms with van der Waals surface area (Å²) in [5.74, 6) is 0.889. The number of aromatic nitrogens is 1. The van der Waals surface area contributed by atoms with Crippen molar-refractivity contribution < 1.29 is 18.7 Å². The zero-order chi connectivity index (χ0) is 25.8. The van der Waals surface area contributed by atoms with Crippen LogP contribution >= 0.6 is 11.3 Å². The van der Waals surface area contributed by atoms with Gasteiger partial charge in [-0.15, -0.1) is 0 Å². The van der Waals surface area contributed by atoms with Crippen LogP contribution in [0.2, 0.25) is 0 Å². The van der Waals surface area contributed by atoms with Crippen LogP contribution in [0, 0.1) is 0 Å². The molecule has 3 aromatic carbocycles. The first-order valence-corrected chi connectivity index (χ1v) is 12.7. The maximum atomic E-state index is 14.0. The van der Waals surface area contributed by atoms with Gasteiger partial charge in [0.1, 0.15) is 11.6 Å². The first kappa shape index (κ1) is 23.2. The van der Waals surface area contributed by atoms with Gasteiger partial charge in [-0.05, 0) is 41.8 Å². The summed E-state index contributed by atoms with van der Waals surface area (Å²) in [6.07, 6.45) is 0. The number of nitrogens with zero attached hydrogens (tertiary/aromatic N) is 2. The van der Waals surface area contributed by atoms with Gasteiger partial charge in [0.05, 0.1) is 35.4 Å². The molecule has 2 aromatic heterocycles. The van der Waals surface area contributed by atoms with Gasteiger partial charge in [-0.3, -0.25) is 14.5 Å². The Labute approximate surface area is 216 Å². The van der Waals surface area contributed by atoms with Crippen LogP contribution in [-0.4, -0.2) is 25.1 Å². The molecular formula is C29H24N2O5S. The van der Waals surface area contributed by atoms with E-state index >= 15 is 0 Å². The Balaban J connectivity index is 1.64. The SMILES string of the molecule is COc1cccc([C@H]2c3c(oc4ccccc4c3=O)C(=O)N2c2nc3ccc(C(C)C)cc3s2)c1OC. The highest BCUT2D eigenvalue weighted by molar-refractivity contribution is 7.22. The summed E-state index contributed by atoms with van der Waals surface area (Å²) in [6.45, 7) is 4.27. The van der Waals surface area contributed by atoms with Crippen molar-refractivity contribution in [3.63, 3.8) is 0 Å². The molecule has 186 valence electrons. The van der Waals surface area contributed by atoms with Crippen LogP contribution in [0.3, 0.4) is 0 Å². The number of hydrogen-bond donors (Lipinski definition) is 0. The van der Waals surface area contributed by atoms with E-state index in [4.69, 9.17) is 18.9 Å². The maximum Gasteiger partial charge on any atom is 0.297 e. The molecule has 0 radical (unpaired) electrons. The third-order valence-corrected chi connectivity index (χ3v) is 7.80. The summed E-state index contributed by atoms with van der Waals surface area (Å²) in [5, 5.41) is 0.888. The number of fused-ring (bicyclic) bond motifs is 3. The molecule has 0 bridgehead atoms. The summed E-state index contributed by atoms with van der Waals surface area (Å²) in [6, 6.07) is 17.7. The standard InChI is InChI=1S/C29H24N2O5S/c1-15(2)16-12-13-19-22(14-16)37-29(30-19)31-24(18-9-7-11-21(34-3)26(18)35-4)23-25(32)17-8-5-6-10-20(17)36-27(23)28(31)33/h5-15,24H,1-4H3/t24-/m0/s1. The largest absolute Gasteiger partial charge is 0.493 e. The molecule has 0 saturated heterocycles. The zero-order valence-corrected chi connectivity index (χ0v) is 21.6. The van der Waals surface area contributed by atoms with E-state index in [1.165, 1.54) is 24.0 Å². The predicted molar refractivity (Wildman–Crippen MR) is 144 cm³/mol. The second-order valence-electron chi connectivity index (χ2n) is 9.21. The monoisotopic (exact) mass is 512 g/mol. The lowest BCUT2D eigenvalue weighted by Crippen LogP contribution is -2.29. The molecule has 8 heteroatoms. The van der Waals surface area contributed by atoms with Crippen LogP contribution < -0.4 is 19.8 Å². The fraction of sp³-hybridized carbons (Fsp3) is 0.207. The summed E-state index contributed by atoms with van der Waals surface area (Å²) < 4.78 is 18.3. The Bertz CT molecular complexity index is 1750. The van der Waals surface area contributed by atoms with Gasteiger partial charge >= 0.3 is 0 Å². The van der Waals surface area contributed by atoms with Crippen molar-refractivity contribution in [2.45, 2.75) is 25.8 Å². The fourth-order valence-electron chi connectivity index (χ4n) is 4.93. The molecule has 0 unspecified atom stereocenters. The molecule has 0 saturated carbocycles. The smallest absolute Gasteiger partial charge is 0.297 e. The highest BCUT2D eigenvalue weighted by Crippen LogP contribution is 2.47. The van der Waals surface area contributed by atoms with Gasteiger partial charge in [-0.25, -0.2) is 4.98 Å². The number of methoxy groups -OCH3 is 2. The van der Waals surface area contributed by atoms with Gasteiger partial charge in [0.25, 0.3) is 5.91 Å². The second-order valence-corrected chi connectivity index (χ2v) is 10.2. The average molecular weight is 513 g/mol. The van der Waals surface area contributed by atoms with Gasteiger partial charge in [-0.1, -0.05) is 55.5 Å². The number of ether oxygens (including phenoxy) is 2. The quantitative estimate of drug-likeness (QED) is 0.275. The molecule has 1 aliphatic rings. The van der Waals surface area contributed by atoms with Gasteiger partial charge < -0.3 is 13.9 Å². The molecule has 37 heavy (non-hydrogen) atoms. The average Bonchev–Trinajstić information content (AvgIpc) is 3.46. The second kappa shape index (κ2) is 8.74. The molecule has 1 atom stereocenters. The van der Waals surface area contributed by atoms with E-state index in [0.717, 1.165) is 10.2 Å². The van der Waals surface area contributed by atoms with Crippen LogP contribution in [0.1, 0.15) is 53.1 Å². The number of amides is 1. The van der Waals surface area contributed by atoms with Gasteiger partial charge in [-0.2, -0.15) is 0 Å². The number of carbonyl (C=O) groups is 1. The molecule has 0 fully saturated rings. The summed E-state index contributed by atoms with van der Waals surface area (Å²) >= 11 is 1.41. The number of hydrogen-bond acceptors (Lipinski definition) is 7. The Morgan fingerprint density at radius 3 is 2.57 bits per heavy atom. The van der Waals surface area contributed by atoms with Crippen LogP contribution in [-0.2, 0) is 0 Å². The van der Waals surface area contributed by atoms with Crippen molar-refractivity contribution in [1.82, 2.24) is 4.98 Å². The minimum Gasteiger partial charge on any atom is -0.493 e. The lowest BCUT2D eigenvalue weighted by atomic mass is 9.97. The molecule has 1 aliphatic heterocycles. The molecular weight excluding hydrogens is 488 g/mol. The Morgan fingerprint density at radius 1 is 1.00 bits per heavy atom. The van der Waals surface area contributed by atoms with Crippen molar-refractivity contribution in [3.8, 4) is 11.5 Å². The summed E-state index contributed by atoms with van der Waals surface area (Å²) in [5.41, 5.74) is 2.95. The molecule has 0 N–H and O–H groups in total. The number of para-hydroxylation sites is 2. The minimum absolute atomic E-state index is 0.0145. The minimum atomic E-state index is -0.807. The summed E-state index contributed by atoms with van der Waals surface area (Å²) in [7, 11) is 3.09. The molecule has 5 aromatic rings. The van der Waals surface area contributed by atoms with Crippen molar-refractivity contribution >= 4 is 43.6 Å². The van der Waals surface area contributed by atoms with E-state index in [1.807, 2.05) is 18.2 Å². The molecule has 6 rings (SSSR count). The van der Waals surface area contributed by atoms with Crippen molar-refractivity contribution in [1.29, 1.82) is 0 Å². The van der Waals surface area contributed by atoms with E-state index in [9.17, 15) is 9.59 Å². The number of anilines is 1. The molecule has 0 aliphatic carbocycles.